The Morgan fingerprint density at radius 3 is 2.92 bits per heavy atom. The third-order valence-electron chi connectivity index (χ3n) is 1.69. The molecule has 1 rings (SSSR count). The largest absolute Gasteiger partial charge is 0.370 e. The third-order valence-corrected chi connectivity index (χ3v) is 4.12. The van der Waals surface area contributed by atoms with Gasteiger partial charge < -0.3 is 5.73 Å². The van der Waals surface area contributed by atoms with E-state index in [2.05, 4.69) is 11.5 Å². The molecule has 1 heterocycles. The van der Waals surface area contributed by atoms with Gasteiger partial charge in [-0.1, -0.05) is 34.1 Å². The minimum Gasteiger partial charge on any atom is -0.370 e. The van der Waals surface area contributed by atoms with E-state index in [-0.39, 0.29) is 5.91 Å². The summed E-state index contributed by atoms with van der Waals surface area (Å²) in [6.07, 6.45) is 5.96. The summed E-state index contributed by atoms with van der Waals surface area (Å²) in [4.78, 5) is 10.4. The first kappa shape index (κ1) is 9.99. The molecule has 12 heavy (non-hydrogen) atoms. The summed E-state index contributed by atoms with van der Waals surface area (Å²) < 4.78 is 0. The maximum atomic E-state index is 10.4. The highest BCUT2D eigenvalue weighted by atomic mass is 33.1. The Bertz CT molecular complexity index is 182. The van der Waals surface area contributed by atoms with E-state index in [4.69, 9.17) is 5.73 Å². The molecule has 2 nitrogen and oxygen atoms in total. The normalized spacial score (nSPS) is 21.5. The van der Waals surface area contributed by atoms with Gasteiger partial charge in [0.05, 0.1) is 0 Å². The fourth-order valence-corrected chi connectivity index (χ4v) is 3.30. The molecular formula is C8H13NOS2. The Balaban J connectivity index is 1.95. The SMILES string of the molecule is NC(=O)CCCCC1C=CSS1. The van der Waals surface area contributed by atoms with Crippen LogP contribution in [0.4, 0.5) is 0 Å². The van der Waals surface area contributed by atoms with Gasteiger partial charge in [0.25, 0.3) is 0 Å². The standard InChI is InChI=1S/C8H13NOS2/c9-8(10)4-2-1-3-7-5-6-11-12-7/h5-7H,1-4H2,(H2,9,10). The van der Waals surface area contributed by atoms with Gasteiger partial charge in [0.1, 0.15) is 0 Å². The van der Waals surface area contributed by atoms with Crippen molar-refractivity contribution in [3.8, 4) is 0 Å². The van der Waals surface area contributed by atoms with Crippen molar-refractivity contribution in [1.82, 2.24) is 0 Å². The van der Waals surface area contributed by atoms with Crippen molar-refractivity contribution in [2.45, 2.75) is 30.9 Å². The number of nitrogens with two attached hydrogens (primary N) is 1. The quantitative estimate of drug-likeness (QED) is 0.551. The van der Waals surface area contributed by atoms with Crippen molar-refractivity contribution >= 4 is 27.5 Å². The number of hydrogen-bond donors (Lipinski definition) is 1. The lowest BCUT2D eigenvalue weighted by molar-refractivity contribution is -0.118. The van der Waals surface area contributed by atoms with Crippen molar-refractivity contribution in [3.63, 3.8) is 0 Å². The van der Waals surface area contributed by atoms with Crippen LogP contribution in [0.2, 0.25) is 0 Å². The summed E-state index contributed by atoms with van der Waals surface area (Å²) in [6, 6.07) is 0. The van der Waals surface area contributed by atoms with Crippen LogP contribution in [0.15, 0.2) is 11.5 Å². The molecule has 0 aromatic rings. The number of hydrogen-bond acceptors (Lipinski definition) is 3. The van der Waals surface area contributed by atoms with Gasteiger partial charge in [0.15, 0.2) is 0 Å². The molecule has 68 valence electrons. The average Bonchev–Trinajstić information content (AvgIpc) is 2.49. The summed E-state index contributed by atoms with van der Waals surface area (Å²) >= 11 is 0. The van der Waals surface area contributed by atoms with Crippen molar-refractivity contribution in [2.24, 2.45) is 5.73 Å². The van der Waals surface area contributed by atoms with Gasteiger partial charge >= 0.3 is 0 Å². The molecule has 1 aliphatic heterocycles. The second-order valence-electron chi connectivity index (χ2n) is 2.77. The summed E-state index contributed by atoms with van der Waals surface area (Å²) in [6.45, 7) is 0. The second-order valence-corrected chi connectivity index (χ2v) is 5.19. The molecule has 2 N–H and O–H groups in total. The molecule has 0 bridgehead atoms. The highest BCUT2D eigenvalue weighted by molar-refractivity contribution is 8.78. The molecule has 0 spiro atoms. The van der Waals surface area contributed by atoms with Gasteiger partial charge in [-0.2, -0.15) is 0 Å². The lowest BCUT2D eigenvalue weighted by atomic mass is 10.1. The molecule has 0 aliphatic carbocycles. The number of unbranched alkanes of at least 4 members (excludes halogenated alkanes) is 1. The van der Waals surface area contributed by atoms with Crippen LogP contribution in [0.5, 0.6) is 0 Å². The Labute approximate surface area is 80.7 Å². The van der Waals surface area contributed by atoms with E-state index in [1.54, 1.807) is 10.8 Å². The molecule has 1 atom stereocenters. The first-order chi connectivity index (χ1) is 5.79. The van der Waals surface area contributed by atoms with Crippen molar-refractivity contribution in [2.75, 3.05) is 0 Å². The number of primary amides is 1. The summed E-state index contributed by atoms with van der Waals surface area (Å²) in [5.41, 5.74) is 5.02. The van der Waals surface area contributed by atoms with Crippen molar-refractivity contribution in [3.05, 3.63) is 11.5 Å². The Morgan fingerprint density at radius 2 is 2.33 bits per heavy atom. The molecule has 0 aromatic heterocycles. The predicted molar refractivity (Wildman–Crippen MR) is 55.8 cm³/mol. The zero-order chi connectivity index (χ0) is 8.81. The van der Waals surface area contributed by atoms with Gasteiger partial charge in [-0.25, -0.2) is 0 Å². The van der Waals surface area contributed by atoms with Crippen LogP contribution >= 0.6 is 21.6 Å². The topological polar surface area (TPSA) is 43.1 Å². The smallest absolute Gasteiger partial charge is 0.217 e. The maximum absolute atomic E-state index is 10.4. The van der Waals surface area contributed by atoms with E-state index in [0.717, 1.165) is 12.8 Å². The first-order valence-electron chi connectivity index (χ1n) is 4.06. The average molecular weight is 203 g/mol. The van der Waals surface area contributed by atoms with Gasteiger partial charge in [-0.3, -0.25) is 4.79 Å². The fourth-order valence-electron chi connectivity index (χ4n) is 1.04. The van der Waals surface area contributed by atoms with Gasteiger partial charge in [0, 0.05) is 11.7 Å². The number of carbonyl (C=O) groups is 1. The molecule has 4 heteroatoms. The monoisotopic (exact) mass is 203 g/mol. The minimum absolute atomic E-state index is 0.181. The van der Waals surface area contributed by atoms with E-state index >= 15 is 0 Å². The van der Waals surface area contributed by atoms with Gasteiger partial charge in [0.2, 0.25) is 5.91 Å². The van der Waals surface area contributed by atoms with Crippen LogP contribution < -0.4 is 5.73 Å². The molecule has 0 radical (unpaired) electrons. The maximum Gasteiger partial charge on any atom is 0.217 e. The number of carbonyl (C=O) groups excluding carboxylic acids is 1. The highest BCUT2D eigenvalue weighted by Crippen LogP contribution is 2.37. The first-order valence-corrected chi connectivity index (χ1v) is 6.34. The molecule has 0 saturated carbocycles. The van der Waals surface area contributed by atoms with E-state index in [0.29, 0.717) is 11.7 Å². The lowest BCUT2D eigenvalue weighted by Crippen LogP contribution is -2.09. The second kappa shape index (κ2) is 5.54. The van der Waals surface area contributed by atoms with Gasteiger partial charge in [-0.15, -0.1) is 0 Å². The van der Waals surface area contributed by atoms with E-state index in [9.17, 15) is 4.79 Å². The zero-order valence-corrected chi connectivity index (χ0v) is 8.50. The molecule has 1 aliphatic rings. The van der Waals surface area contributed by atoms with Crippen LogP contribution in [-0.2, 0) is 4.79 Å². The van der Waals surface area contributed by atoms with Crippen LogP contribution in [0.25, 0.3) is 0 Å². The van der Waals surface area contributed by atoms with E-state index in [1.165, 1.54) is 6.42 Å². The Morgan fingerprint density at radius 1 is 1.50 bits per heavy atom. The molecule has 1 amide bonds. The molecular weight excluding hydrogens is 190 g/mol. The van der Waals surface area contributed by atoms with E-state index in [1.807, 2.05) is 10.8 Å². The molecule has 1 unspecified atom stereocenters. The summed E-state index contributed by atoms with van der Waals surface area (Å²) in [5.74, 6) is -0.181. The van der Waals surface area contributed by atoms with Crippen molar-refractivity contribution in [1.29, 1.82) is 0 Å². The van der Waals surface area contributed by atoms with E-state index < -0.39 is 0 Å². The lowest BCUT2D eigenvalue weighted by Gasteiger charge is -2.03. The zero-order valence-electron chi connectivity index (χ0n) is 6.86. The van der Waals surface area contributed by atoms with Crippen LogP contribution in [0, 0.1) is 0 Å². The predicted octanol–water partition coefficient (Wildman–Crippen LogP) is 2.31. The highest BCUT2D eigenvalue weighted by Gasteiger charge is 2.09. The Hall–Kier alpha value is -0.0900. The minimum atomic E-state index is -0.181. The van der Waals surface area contributed by atoms with Crippen LogP contribution in [-0.4, -0.2) is 11.2 Å². The third kappa shape index (κ3) is 4.07. The Kier molecular flexibility index (Phi) is 4.61. The van der Waals surface area contributed by atoms with Crippen LogP contribution in [0.1, 0.15) is 25.7 Å². The fraction of sp³-hybridized carbons (Fsp3) is 0.625. The van der Waals surface area contributed by atoms with Crippen LogP contribution in [0.3, 0.4) is 0 Å². The number of amides is 1. The molecule has 0 saturated heterocycles. The van der Waals surface area contributed by atoms with Gasteiger partial charge in [-0.05, 0) is 18.2 Å². The summed E-state index contributed by atoms with van der Waals surface area (Å²) in [5, 5.41) is 2.78. The molecule has 0 aromatic carbocycles. The summed E-state index contributed by atoms with van der Waals surface area (Å²) in [7, 11) is 3.68. The number of rotatable bonds is 5. The van der Waals surface area contributed by atoms with Crippen molar-refractivity contribution < 1.29 is 4.79 Å². The molecule has 0 fully saturated rings.